The lowest BCUT2D eigenvalue weighted by Gasteiger charge is -2.47. The molecule has 1 fully saturated rings. The van der Waals surface area contributed by atoms with Crippen molar-refractivity contribution in [2.24, 2.45) is 0 Å². The van der Waals surface area contributed by atoms with E-state index >= 15 is 0 Å². The van der Waals surface area contributed by atoms with Gasteiger partial charge < -0.3 is 15.3 Å². The first kappa shape index (κ1) is 11.9. The van der Waals surface area contributed by atoms with E-state index < -0.39 is 12.2 Å². The molecule has 3 N–H and O–H groups in total. The summed E-state index contributed by atoms with van der Waals surface area (Å²) in [4.78, 5) is 2.05. The van der Waals surface area contributed by atoms with Crippen LogP contribution in [0.25, 0.3) is 0 Å². The highest BCUT2D eigenvalue weighted by molar-refractivity contribution is 4.94. The number of hydrogen-bond acceptors (Lipinski definition) is 4. The van der Waals surface area contributed by atoms with Crippen LogP contribution < -0.4 is 0 Å². The summed E-state index contributed by atoms with van der Waals surface area (Å²) in [7, 11) is 0. The van der Waals surface area contributed by atoms with Crippen LogP contribution >= 0.6 is 0 Å². The molecule has 0 aliphatic carbocycles. The monoisotopic (exact) mass is 203 g/mol. The van der Waals surface area contributed by atoms with Gasteiger partial charge in [-0.05, 0) is 27.2 Å². The first-order chi connectivity index (χ1) is 6.38. The Balaban J connectivity index is 2.77. The van der Waals surface area contributed by atoms with Crippen molar-refractivity contribution in [3.63, 3.8) is 0 Å². The maximum absolute atomic E-state index is 9.72. The number of aliphatic hydroxyl groups is 3. The van der Waals surface area contributed by atoms with E-state index in [2.05, 4.69) is 0 Å². The molecule has 0 aromatic rings. The fourth-order valence-electron chi connectivity index (χ4n) is 2.09. The fraction of sp³-hybridized carbons (Fsp3) is 1.00. The van der Waals surface area contributed by atoms with Gasteiger partial charge in [0.2, 0.25) is 0 Å². The van der Waals surface area contributed by atoms with E-state index in [1.54, 1.807) is 0 Å². The van der Waals surface area contributed by atoms with Gasteiger partial charge in [-0.2, -0.15) is 0 Å². The Morgan fingerprint density at radius 2 is 1.86 bits per heavy atom. The molecule has 0 unspecified atom stereocenters. The van der Waals surface area contributed by atoms with E-state index in [9.17, 15) is 15.3 Å². The maximum Gasteiger partial charge on any atom is 0.0976 e. The van der Waals surface area contributed by atoms with Crippen LogP contribution in [0.15, 0.2) is 0 Å². The molecule has 4 heteroatoms. The predicted molar refractivity (Wildman–Crippen MR) is 54.0 cm³/mol. The molecule has 1 rings (SSSR count). The Morgan fingerprint density at radius 3 is 2.29 bits per heavy atom. The van der Waals surface area contributed by atoms with Crippen molar-refractivity contribution in [1.29, 1.82) is 0 Å². The highest BCUT2D eigenvalue weighted by Crippen LogP contribution is 2.25. The van der Waals surface area contributed by atoms with Gasteiger partial charge in [0.1, 0.15) is 0 Å². The molecule has 84 valence electrons. The SMILES string of the molecule is CC(C)(C)N1CC[C@@H](O)[C@H](O)[C@H]1CO. The van der Waals surface area contributed by atoms with Gasteiger partial charge in [-0.1, -0.05) is 0 Å². The number of aliphatic hydroxyl groups excluding tert-OH is 3. The molecule has 0 spiro atoms. The number of likely N-dealkylation sites (tertiary alicyclic amines) is 1. The van der Waals surface area contributed by atoms with Crippen molar-refractivity contribution in [3.8, 4) is 0 Å². The van der Waals surface area contributed by atoms with Gasteiger partial charge >= 0.3 is 0 Å². The maximum atomic E-state index is 9.72. The molecule has 4 nitrogen and oxygen atoms in total. The Kier molecular flexibility index (Phi) is 3.53. The topological polar surface area (TPSA) is 63.9 Å². The second kappa shape index (κ2) is 4.14. The third kappa shape index (κ3) is 2.25. The van der Waals surface area contributed by atoms with Crippen molar-refractivity contribution in [2.45, 2.75) is 51.0 Å². The van der Waals surface area contributed by atoms with Crippen LogP contribution in [0.4, 0.5) is 0 Å². The van der Waals surface area contributed by atoms with Crippen LogP contribution in [-0.4, -0.2) is 57.2 Å². The van der Waals surface area contributed by atoms with Crippen LogP contribution in [0, 0.1) is 0 Å². The molecule has 0 aromatic carbocycles. The molecule has 0 bridgehead atoms. The normalized spacial score (nSPS) is 36.0. The van der Waals surface area contributed by atoms with E-state index in [0.29, 0.717) is 13.0 Å². The Bertz CT molecular complexity index is 190. The highest BCUT2D eigenvalue weighted by atomic mass is 16.3. The molecule has 0 radical (unpaired) electrons. The number of hydrogen-bond donors (Lipinski definition) is 3. The Labute approximate surface area is 85.2 Å². The van der Waals surface area contributed by atoms with Gasteiger partial charge in [0.05, 0.1) is 24.9 Å². The summed E-state index contributed by atoms with van der Waals surface area (Å²) in [5.74, 6) is 0. The summed E-state index contributed by atoms with van der Waals surface area (Å²) in [5.41, 5.74) is -0.0888. The van der Waals surface area contributed by atoms with E-state index in [-0.39, 0.29) is 18.2 Å². The Hall–Kier alpha value is -0.160. The van der Waals surface area contributed by atoms with Gasteiger partial charge in [-0.3, -0.25) is 4.90 Å². The van der Waals surface area contributed by atoms with Crippen LogP contribution in [0.3, 0.4) is 0 Å². The quantitative estimate of drug-likeness (QED) is 0.541. The zero-order valence-corrected chi connectivity index (χ0v) is 9.14. The minimum Gasteiger partial charge on any atom is -0.395 e. The first-order valence-corrected chi connectivity index (χ1v) is 5.11. The third-order valence-corrected chi connectivity index (χ3v) is 2.90. The second-order valence-electron chi connectivity index (χ2n) is 4.96. The van der Waals surface area contributed by atoms with Crippen molar-refractivity contribution in [3.05, 3.63) is 0 Å². The average Bonchev–Trinajstić information content (AvgIpc) is 2.07. The molecule has 1 saturated heterocycles. The molecular weight excluding hydrogens is 182 g/mol. The van der Waals surface area contributed by atoms with Crippen LogP contribution in [0.5, 0.6) is 0 Å². The Morgan fingerprint density at radius 1 is 1.29 bits per heavy atom. The largest absolute Gasteiger partial charge is 0.395 e. The van der Waals surface area contributed by atoms with Crippen molar-refractivity contribution in [2.75, 3.05) is 13.2 Å². The highest BCUT2D eigenvalue weighted by Gasteiger charge is 2.40. The van der Waals surface area contributed by atoms with Gasteiger partial charge in [0, 0.05) is 12.1 Å². The number of rotatable bonds is 1. The summed E-state index contributed by atoms with van der Waals surface area (Å²) in [6.07, 6.45) is -0.978. The molecule has 0 amide bonds. The smallest absolute Gasteiger partial charge is 0.0976 e. The van der Waals surface area contributed by atoms with Crippen molar-refractivity contribution < 1.29 is 15.3 Å². The van der Waals surface area contributed by atoms with Crippen LogP contribution in [0.2, 0.25) is 0 Å². The van der Waals surface area contributed by atoms with Crippen molar-refractivity contribution in [1.82, 2.24) is 4.90 Å². The zero-order chi connectivity index (χ0) is 10.9. The summed E-state index contributed by atoms with van der Waals surface area (Å²) in [6, 6.07) is -0.348. The third-order valence-electron chi connectivity index (χ3n) is 2.90. The summed E-state index contributed by atoms with van der Waals surface area (Å²) >= 11 is 0. The molecule has 0 aromatic heterocycles. The molecular formula is C10H21NO3. The standard InChI is InChI=1S/C10H21NO3/c1-10(2,3)11-5-4-8(13)9(14)7(11)6-12/h7-9,12-14H,4-6H2,1-3H3/t7-,8-,9-/m1/s1. The van der Waals surface area contributed by atoms with Crippen molar-refractivity contribution >= 4 is 0 Å². The molecule has 3 atom stereocenters. The van der Waals surface area contributed by atoms with E-state index in [1.807, 2.05) is 25.7 Å². The molecule has 1 aliphatic rings. The second-order valence-corrected chi connectivity index (χ2v) is 4.96. The fourth-order valence-corrected chi connectivity index (χ4v) is 2.09. The molecule has 0 saturated carbocycles. The van der Waals surface area contributed by atoms with Crippen LogP contribution in [0.1, 0.15) is 27.2 Å². The van der Waals surface area contributed by atoms with Gasteiger partial charge in [0.15, 0.2) is 0 Å². The van der Waals surface area contributed by atoms with Gasteiger partial charge in [-0.15, -0.1) is 0 Å². The molecule has 14 heavy (non-hydrogen) atoms. The summed E-state index contributed by atoms with van der Waals surface area (Å²) in [5, 5.41) is 28.4. The minimum atomic E-state index is -0.840. The lowest BCUT2D eigenvalue weighted by Crippen LogP contribution is -2.61. The molecule has 1 heterocycles. The predicted octanol–water partition coefficient (Wildman–Crippen LogP) is -0.427. The summed E-state index contributed by atoms with van der Waals surface area (Å²) in [6.45, 7) is 6.72. The average molecular weight is 203 g/mol. The van der Waals surface area contributed by atoms with Gasteiger partial charge in [0.25, 0.3) is 0 Å². The van der Waals surface area contributed by atoms with Gasteiger partial charge in [-0.25, -0.2) is 0 Å². The van der Waals surface area contributed by atoms with Crippen LogP contribution in [-0.2, 0) is 0 Å². The lowest BCUT2D eigenvalue weighted by molar-refractivity contribution is -0.114. The minimum absolute atomic E-state index is 0.0888. The number of piperidine rings is 1. The summed E-state index contributed by atoms with van der Waals surface area (Å²) < 4.78 is 0. The zero-order valence-electron chi connectivity index (χ0n) is 9.14. The van der Waals surface area contributed by atoms with E-state index in [1.165, 1.54) is 0 Å². The first-order valence-electron chi connectivity index (χ1n) is 5.11. The van der Waals surface area contributed by atoms with E-state index in [0.717, 1.165) is 0 Å². The number of nitrogens with zero attached hydrogens (tertiary/aromatic N) is 1. The van der Waals surface area contributed by atoms with E-state index in [4.69, 9.17) is 0 Å². The lowest BCUT2D eigenvalue weighted by atomic mass is 9.91. The molecule has 1 aliphatic heterocycles.